The third kappa shape index (κ3) is 2.83. The van der Waals surface area contributed by atoms with Crippen molar-refractivity contribution < 1.29 is 9.84 Å². The normalized spacial score (nSPS) is 11.0. The number of nitrogens with zero attached hydrogens (tertiary/aromatic N) is 2. The number of phenolic OH excluding ortho intramolecular Hbond substituents is 1. The van der Waals surface area contributed by atoms with Crippen LogP contribution in [-0.2, 0) is 0 Å². The van der Waals surface area contributed by atoms with Gasteiger partial charge in [0, 0.05) is 5.56 Å². The third-order valence-electron chi connectivity index (χ3n) is 3.21. The minimum Gasteiger partial charge on any atom is -0.507 e. The van der Waals surface area contributed by atoms with Crippen LogP contribution < -0.4 is 4.74 Å². The van der Waals surface area contributed by atoms with E-state index < -0.39 is 0 Å². The monoisotopic (exact) mass is 293 g/mol. The smallest absolute Gasteiger partial charge is 0.185 e. The fourth-order valence-electron chi connectivity index (χ4n) is 2.10. The molecule has 22 heavy (non-hydrogen) atoms. The molecule has 0 unspecified atom stereocenters. The molecule has 0 fully saturated rings. The minimum absolute atomic E-state index is 0.154. The van der Waals surface area contributed by atoms with Gasteiger partial charge in [-0.05, 0) is 30.4 Å². The minimum atomic E-state index is 0.154. The average Bonchev–Trinajstić information content (AvgIpc) is 3.02. The van der Waals surface area contributed by atoms with Crippen LogP contribution in [0.15, 0.2) is 48.5 Å². The van der Waals surface area contributed by atoms with Gasteiger partial charge in [-0.1, -0.05) is 30.3 Å². The summed E-state index contributed by atoms with van der Waals surface area (Å²) in [6, 6.07) is 14.7. The molecule has 2 N–H and O–H groups in total. The summed E-state index contributed by atoms with van der Waals surface area (Å²) in [7, 11) is 1.64. The molecule has 0 saturated carbocycles. The summed E-state index contributed by atoms with van der Waals surface area (Å²) in [5.74, 6) is 2.00. The van der Waals surface area contributed by atoms with E-state index in [4.69, 9.17) is 4.74 Å². The van der Waals surface area contributed by atoms with Crippen LogP contribution in [0, 0.1) is 0 Å². The quantitative estimate of drug-likeness (QED) is 0.773. The maximum Gasteiger partial charge on any atom is 0.185 e. The van der Waals surface area contributed by atoms with E-state index in [-0.39, 0.29) is 5.75 Å². The molecule has 3 aromatic rings. The van der Waals surface area contributed by atoms with Gasteiger partial charge in [0.1, 0.15) is 17.3 Å². The fourth-order valence-corrected chi connectivity index (χ4v) is 2.10. The van der Waals surface area contributed by atoms with E-state index in [2.05, 4.69) is 15.2 Å². The van der Waals surface area contributed by atoms with Crippen LogP contribution in [0.5, 0.6) is 11.5 Å². The van der Waals surface area contributed by atoms with Gasteiger partial charge in [0.2, 0.25) is 0 Å². The van der Waals surface area contributed by atoms with Crippen molar-refractivity contribution in [2.75, 3.05) is 7.11 Å². The van der Waals surface area contributed by atoms with Crippen molar-refractivity contribution in [2.45, 2.75) is 0 Å². The fraction of sp³-hybridized carbons (Fsp3) is 0.0588. The molecule has 3 rings (SSSR count). The van der Waals surface area contributed by atoms with Gasteiger partial charge in [-0.3, -0.25) is 5.10 Å². The van der Waals surface area contributed by atoms with Crippen LogP contribution in [0.2, 0.25) is 0 Å². The second kappa shape index (κ2) is 6.13. The Kier molecular flexibility index (Phi) is 3.87. The van der Waals surface area contributed by atoms with Gasteiger partial charge in [-0.15, -0.1) is 0 Å². The number of ether oxygens (including phenoxy) is 1. The van der Waals surface area contributed by atoms with E-state index in [1.54, 1.807) is 25.3 Å². The van der Waals surface area contributed by atoms with Crippen LogP contribution in [0.4, 0.5) is 0 Å². The highest BCUT2D eigenvalue weighted by Gasteiger charge is 2.08. The molecule has 0 aliphatic carbocycles. The summed E-state index contributed by atoms with van der Waals surface area (Å²) in [4.78, 5) is 4.36. The zero-order valence-corrected chi connectivity index (χ0v) is 12.0. The van der Waals surface area contributed by atoms with Crippen LogP contribution in [-0.4, -0.2) is 27.4 Å². The van der Waals surface area contributed by atoms with E-state index in [0.717, 1.165) is 11.3 Å². The Morgan fingerprint density at radius 2 is 1.82 bits per heavy atom. The number of aromatic amines is 1. The average molecular weight is 293 g/mol. The first-order valence-corrected chi connectivity index (χ1v) is 6.80. The van der Waals surface area contributed by atoms with Crippen LogP contribution in [0.3, 0.4) is 0 Å². The predicted octanol–water partition coefficient (Wildman–Crippen LogP) is 3.36. The Balaban J connectivity index is 1.86. The third-order valence-corrected chi connectivity index (χ3v) is 3.21. The number of aromatic nitrogens is 3. The number of benzene rings is 2. The largest absolute Gasteiger partial charge is 0.507 e. The SMILES string of the molecule is COc1ccccc1/C=C/c1nc(-c2ccccc2O)n[nH]1. The number of rotatable bonds is 4. The highest BCUT2D eigenvalue weighted by atomic mass is 16.5. The van der Waals surface area contributed by atoms with E-state index >= 15 is 0 Å². The zero-order chi connectivity index (χ0) is 15.4. The van der Waals surface area contributed by atoms with E-state index in [0.29, 0.717) is 17.2 Å². The highest BCUT2D eigenvalue weighted by Crippen LogP contribution is 2.25. The van der Waals surface area contributed by atoms with Crippen molar-refractivity contribution in [1.29, 1.82) is 0 Å². The van der Waals surface area contributed by atoms with Gasteiger partial charge in [0.05, 0.1) is 12.7 Å². The standard InChI is InChI=1S/C17H15N3O2/c1-22-15-9-5-2-6-12(15)10-11-16-18-17(20-19-16)13-7-3-4-8-14(13)21/h2-11,21H,1H3,(H,18,19,20)/b11-10+. The van der Waals surface area contributed by atoms with Crippen molar-refractivity contribution >= 4 is 12.2 Å². The molecule has 0 spiro atoms. The maximum atomic E-state index is 9.82. The summed E-state index contributed by atoms with van der Waals surface area (Å²) in [5, 5.41) is 16.8. The van der Waals surface area contributed by atoms with Crippen LogP contribution in [0.1, 0.15) is 11.4 Å². The second-order valence-corrected chi connectivity index (χ2v) is 4.64. The Labute approximate surface area is 127 Å². The lowest BCUT2D eigenvalue weighted by Gasteiger charge is -2.02. The molecule has 0 amide bonds. The molecule has 5 heteroatoms. The predicted molar refractivity (Wildman–Crippen MR) is 85.4 cm³/mol. The zero-order valence-electron chi connectivity index (χ0n) is 12.0. The number of hydrogen-bond donors (Lipinski definition) is 2. The Bertz CT molecular complexity index is 809. The Hall–Kier alpha value is -3.08. The van der Waals surface area contributed by atoms with Gasteiger partial charge in [0.15, 0.2) is 5.82 Å². The molecule has 0 bridgehead atoms. The topological polar surface area (TPSA) is 71.0 Å². The Morgan fingerprint density at radius 1 is 1.05 bits per heavy atom. The van der Waals surface area contributed by atoms with E-state index in [9.17, 15) is 5.11 Å². The van der Waals surface area contributed by atoms with E-state index in [1.165, 1.54) is 0 Å². The lowest BCUT2D eigenvalue weighted by atomic mass is 10.2. The van der Waals surface area contributed by atoms with Crippen molar-refractivity contribution in [3.63, 3.8) is 0 Å². The van der Waals surface area contributed by atoms with Crippen LogP contribution in [0.25, 0.3) is 23.5 Å². The molecule has 0 radical (unpaired) electrons. The summed E-state index contributed by atoms with van der Waals surface area (Å²) in [6.07, 6.45) is 3.71. The van der Waals surface area contributed by atoms with Gasteiger partial charge >= 0.3 is 0 Å². The first-order chi connectivity index (χ1) is 10.8. The molecule has 1 heterocycles. The van der Waals surface area contributed by atoms with Crippen molar-refractivity contribution in [1.82, 2.24) is 15.2 Å². The maximum absolute atomic E-state index is 9.82. The number of nitrogens with one attached hydrogen (secondary N) is 1. The van der Waals surface area contributed by atoms with Gasteiger partial charge < -0.3 is 9.84 Å². The molecule has 0 aliphatic rings. The summed E-state index contributed by atoms with van der Waals surface area (Å²) < 4.78 is 5.29. The van der Waals surface area contributed by atoms with Crippen molar-refractivity contribution in [3.8, 4) is 22.9 Å². The first-order valence-electron chi connectivity index (χ1n) is 6.80. The molecular formula is C17H15N3O2. The molecular weight excluding hydrogens is 278 g/mol. The number of para-hydroxylation sites is 2. The van der Waals surface area contributed by atoms with Gasteiger partial charge in [-0.25, -0.2) is 4.98 Å². The molecule has 1 aromatic heterocycles. The number of phenols is 1. The summed E-state index contributed by atoms with van der Waals surface area (Å²) in [5.41, 5.74) is 1.54. The summed E-state index contributed by atoms with van der Waals surface area (Å²) in [6.45, 7) is 0. The lowest BCUT2D eigenvalue weighted by molar-refractivity contribution is 0.414. The van der Waals surface area contributed by atoms with E-state index in [1.807, 2.05) is 42.5 Å². The summed E-state index contributed by atoms with van der Waals surface area (Å²) >= 11 is 0. The highest BCUT2D eigenvalue weighted by molar-refractivity contribution is 5.71. The molecule has 110 valence electrons. The van der Waals surface area contributed by atoms with Gasteiger partial charge in [-0.2, -0.15) is 5.10 Å². The van der Waals surface area contributed by atoms with Crippen molar-refractivity contribution in [2.24, 2.45) is 0 Å². The molecule has 5 nitrogen and oxygen atoms in total. The molecule has 0 saturated heterocycles. The van der Waals surface area contributed by atoms with Gasteiger partial charge in [0.25, 0.3) is 0 Å². The molecule has 0 atom stereocenters. The van der Waals surface area contributed by atoms with Crippen molar-refractivity contribution in [3.05, 3.63) is 59.9 Å². The van der Waals surface area contributed by atoms with Crippen LogP contribution >= 0.6 is 0 Å². The number of H-pyrrole nitrogens is 1. The molecule has 2 aromatic carbocycles. The first kappa shape index (κ1) is 13.9. The molecule has 0 aliphatic heterocycles. The number of hydrogen-bond acceptors (Lipinski definition) is 4. The lowest BCUT2D eigenvalue weighted by Crippen LogP contribution is -1.85. The second-order valence-electron chi connectivity index (χ2n) is 4.64. The number of aromatic hydroxyl groups is 1. The Morgan fingerprint density at radius 3 is 2.64 bits per heavy atom. The number of methoxy groups -OCH3 is 1.